The molecule has 0 radical (unpaired) electrons. The Kier molecular flexibility index (Phi) is 6.52. The van der Waals surface area contributed by atoms with Crippen LogP contribution >= 0.6 is 0 Å². The molecule has 3 heteroatoms. The first-order chi connectivity index (χ1) is 13.7. The molecule has 0 amide bonds. The number of unbranched alkanes of at least 4 members (excludes halogenated alkanes) is 2. The zero-order chi connectivity index (χ0) is 19.4. The van der Waals surface area contributed by atoms with Crippen LogP contribution in [0.25, 0.3) is 5.57 Å². The standard InChI is InChI=1S/C25H35FO2/c1-2-3-4-5-19-6-8-20(9-7-19)22-10-11-23(24(26)18-22)21-12-14-25(15-13-21)27-16-17-28-25/h10-12,18-20H,2-9,13-17H2,1H3. The van der Waals surface area contributed by atoms with Crippen LogP contribution in [0.5, 0.6) is 0 Å². The Bertz CT molecular complexity index is 682. The number of ether oxygens (including phenoxy) is 2. The van der Waals surface area contributed by atoms with Crippen LogP contribution in [0, 0.1) is 11.7 Å². The second-order valence-corrected chi connectivity index (χ2v) is 8.99. The third-order valence-corrected chi connectivity index (χ3v) is 7.12. The van der Waals surface area contributed by atoms with Crippen molar-refractivity contribution in [2.24, 2.45) is 5.92 Å². The highest BCUT2D eigenvalue weighted by Crippen LogP contribution is 2.41. The molecular weight excluding hydrogens is 351 g/mol. The third-order valence-electron chi connectivity index (χ3n) is 7.12. The van der Waals surface area contributed by atoms with Gasteiger partial charge in [0.15, 0.2) is 5.79 Å². The van der Waals surface area contributed by atoms with Crippen LogP contribution in [0.15, 0.2) is 24.3 Å². The zero-order valence-electron chi connectivity index (χ0n) is 17.4. The van der Waals surface area contributed by atoms with Crippen molar-refractivity contribution in [3.8, 4) is 0 Å². The topological polar surface area (TPSA) is 18.5 Å². The van der Waals surface area contributed by atoms with E-state index in [2.05, 4.69) is 19.1 Å². The molecule has 1 spiro atoms. The Morgan fingerprint density at radius 1 is 1.07 bits per heavy atom. The molecule has 2 nitrogen and oxygen atoms in total. The normalized spacial score (nSPS) is 27.1. The van der Waals surface area contributed by atoms with Crippen molar-refractivity contribution >= 4 is 5.57 Å². The highest BCUT2D eigenvalue weighted by Gasteiger charge is 2.38. The highest BCUT2D eigenvalue weighted by molar-refractivity contribution is 5.67. The summed E-state index contributed by atoms with van der Waals surface area (Å²) in [5, 5.41) is 0. The molecule has 28 heavy (non-hydrogen) atoms. The molecule has 1 aromatic rings. The maximum Gasteiger partial charge on any atom is 0.172 e. The smallest absolute Gasteiger partial charge is 0.172 e. The van der Waals surface area contributed by atoms with Gasteiger partial charge in [-0.05, 0) is 61.1 Å². The minimum Gasteiger partial charge on any atom is -0.347 e. The summed E-state index contributed by atoms with van der Waals surface area (Å²) < 4.78 is 26.5. The second-order valence-electron chi connectivity index (χ2n) is 8.99. The van der Waals surface area contributed by atoms with Gasteiger partial charge in [0.1, 0.15) is 5.82 Å². The van der Waals surface area contributed by atoms with Gasteiger partial charge in [0.25, 0.3) is 0 Å². The van der Waals surface area contributed by atoms with E-state index in [0.29, 0.717) is 19.1 Å². The molecule has 0 atom stereocenters. The van der Waals surface area contributed by atoms with E-state index in [1.807, 2.05) is 12.1 Å². The van der Waals surface area contributed by atoms with E-state index in [1.165, 1.54) is 56.9 Å². The number of hydrogen-bond acceptors (Lipinski definition) is 2. The van der Waals surface area contributed by atoms with Gasteiger partial charge in [-0.1, -0.05) is 50.8 Å². The fourth-order valence-electron chi connectivity index (χ4n) is 5.32. The number of rotatable bonds is 6. The number of hydrogen-bond donors (Lipinski definition) is 0. The second kappa shape index (κ2) is 9.09. The maximum atomic E-state index is 14.9. The third kappa shape index (κ3) is 4.52. The molecule has 0 unspecified atom stereocenters. The minimum atomic E-state index is -0.435. The van der Waals surface area contributed by atoms with Gasteiger partial charge in [-0.15, -0.1) is 0 Å². The predicted octanol–water partition coefficient (Wildman–Crippen LogP) is 6.99. The lowest BCUT2D eigenvalue weighted by atomic mass is 9.76. The molecule has 0 bridgehead atoms. The molecule has 1 aliphatic heterocycles. The van der Waals surface area contributed by atoms with Crippen molar-refractivity contribution in [2.75, 3.05) is 13.2 Å². The van der Waals surface area contributed by atoms with Crippen molar-refractivity contribution < 1.29 is 13.9 Å². The Morgan fingerprint density at radius 3 is 2.50 bits per heavy atom. The molecule has 2 fully saturated rings. The molecule has 2 aliphatic carbocycles. The Balaban J connectivity index is 1.36. The van der Waals surface area contributed by atoms with E-state index >= 15 is 0 Å². The monoisotopic (exact) mass is 386 g/mol. The van der Waals surface area contributed by atoms with Gasteiger partial charge in [-0.25, -0.2) is 4.39 Å². The summed E-state index contributed by atoms with van der Waals surface area (Å²) in [6, 6.07) is 6.00. The fraction of sp³-hybridized carbons (Fsp3) is 0.680. The Morgan fingerprint density at radius 2 is 1.86 bits per heavy atom. The maximum absolute atomic E-state index is 14.9. The van der Waals surface area contributed by atoms with E-state index in [-0.39, 0.29) is 5.82 Å². The lowest BCUT2D eigenvalue weighted by Crippen LogP contribution is -2.31. The highest BCUT2D eigenvalue weighted by atomic mass is 19.1. The van der Waals surface area contributed by atoms with E-state index in [1.54, 1.807) is 0 Å². The number of allylic oxidation sites excluding steroid dienone is 1. The first-order valence-corrected chi connectivity index (χ1v) is 11.5. The summed E-state index contributed by atoms with van der Waals surface area (Å²) in [4.78, 5) is 0. The summed E-state index contributed by atoms with van der Waals surface area (Å²) in [5.74, 6) is 0.940. The largest absolute Gasteiger partial charge is 0.347 e. The summed E-state index contributed by atoms with van der Waals surface area (Å²) in [6.07, 6.45) is 15.0. The summed E-state index contributed by atoms with van der Waals surface area (Å²) in [5.41, 5.74) is 3.07. The lowest BCUT2D eigenvalue weighted by molar-refractivity contribution is -0.159. The molecule has 1 heterocycles. The molecule has 3 aliphatic rings. The van der Waals surface area contributed by atoms with Crippen molar-refractivity contribution in [3.63, 3.8) is 0 Å². The van der Waals surface area contributed by atoms with Crippen molar-refractivity contribution in [3.05, 3.63) is 41.2 Å². The molecule has 0 aromatic heterocycles. The van der Waals surface area contributed by atoms with Crippen LogP contribution in [0.4, 0.5) is 4.39 Å². The van der Waals surface area contributed by atoms with E-state index < -0.39 is 5.79 Å². The molecule has 1 aromatic carbocycles. The zero-order valence-corrected chi connectivity index (χ0v) is 17.4. The Labute approximate surface area is 169 Å². The van der Waals surface area contributed by atoms with Crippen molar-refractivity contribution in [1.29, 1.82) is 0 Å². The van der Waals surface area contributed by atoms with Crippen LogP contribution < -0.4 is 0 Å². The summed E-state index contributed by atoms with van der Waals surface area (Å²) in [7, 11) is 0. The van der Waals surface area contributed by atoms with E-state index in [0.717, 1.165) is 36.3 Å². The van der Waals surface area contributed by atoms with Crippen molar-refractivity contribution in [2.45, 2.75) is 89.3 Å². The van der Waals surface area contributed by atoms with Crippen LogP contribution in [-0.2, 0) is 9.47 Å². The van der Waals surface area contributed by atoms with Gasteiger partial charge < -0.3 is 9.47 Å². The van der Waals surface area contributed by atoms with Crippen LogP contribution in [0.3, 0.4) is 0 Å². The fourth-order valence-corrected chi connectivity index (χ4v) is 5.32. The predicted molar refractivity (Wildman–Crippen MR) is 112 cm³/mol. The van der Waals surface area contributed by atoms with Gasteiger partial charge in [-0.3, -0.25) is 0 Å². The summed E-state index contributed by atoms with van der Waals surface area (Å²) in [6.45, 7) is 3.62. The van der Waals surface area contributed by atoms with Crippen LogP contribution in [0.2, 0.25) is 0 Å². The molecule has 0 N–H and O–H groups in total. The number of halogens is 1. The molecule has 154 valence electrons. The van der Waals surface area contributed by atoms with Gasteiger partial charge >= 0.3 is 0 Å². The van der Waals surface area contributed by atoms with Gasteiger partial charge in [-0.2, -0.15) is 0 Å². The lowest BCUT2D eigenvalue weighted by Gasteiger charge is -2.31. The van der Waals surface area contributed by atoms with Crippen LogP contribution in [-0.4, -0.2) is 19.0 Å². The van der Waals surface area contributed by atoms with E-state index in [9.17, 15) is 4.39 Å². The van der Waals surface area contributed by atoms with E-state index in [4.69, 9.17) is 9.47 Å². The molecule has 1 saturated carbocycles. The van der Waals surface area contributed by atoms with Gasteiger partial charge in [0.2, 0.25) is 0 Å². The molecular formula is C25H35FO2. The number of benzene rings is 1. The van der Waals surface area contributed by atoms with Gasteiger partial charge in [0.05, 0.1) is 13.2 Å². The average Bonchev–Trinajstić information content (AvgIpc) is 3.18. The Hall–Kier alpha value is -1.19. The first-order valence-electron chi connectivity index (χ1n) is 11.5. The quantitative estimate of drug-likeness (QED) is 0.491. The summed E-state index contributed by atoms with van der Waals surface area (Å²) >= 11 is 0. The van der Waals surface area contributed by atoms with Gasteiger partial charge in [0, 0.05) is 18.4 Å². The molecule has 4 rings (SSSR count). The van der Waals surface area contributed by atoms with Crippen molar-refractivity contribution in [1.82, 2.24) is 0 Å². The van der Waals surface area contributed by atoms with Crippen LogP contribution in [0.1, 0.15) is 94.6 Å². The molecule has 1 saturated heterocycles. The minimum absolute atomic E-state index is 0.0574. The average molecular weight is 387 g/mol. The first kappa shape index (κ1) is 20.1. The SMILES string of the molecule is CCCCCC1CCC(c2ccc(C3=CCC4(CC3)OCCO4)c(F)c2)CC1.